The molecule has 0 aliphatic heterocycles. The quantitative estimate of drug-likeness (QED) is 0.841. The molecule has 1 aromatic heterocycles. The summed E-state index contributed by atoms with van der Waals surface area (Å²) in [6.45, 7) is 6.67. The Balaban J connectivity index is 2.41. The summed E-state index contributed by atoms with van der Waals surface area (Å²) < 4.78 is 37.4. The number of ether oxygens (including phenoxy) is 1. The lowest BCUT2D eigenvalue weighted by molar-refractivity contribution is 0.0525. The lowest BCUT2D eigenvalue weighted by atomic mass is 10.1. The van der Waals surface area contributed by atoms with Gasteiger partial charge in [0.1, 0.15) is 5.69 Å². The van der Waals surface area contributed by atoms with Gasteiger partial charge in [0.05, 0.1) is 17.9 Å². The highest BCUT2D eigenvalue weighted by Gasteiger charge is 2.25. The summed E-state index contributed by atoms with van der Waals surface area (Å²) in [5.41, 5.74) is 1.37. The maximum Gasteiger partial charge on any atom is 0.338 e. The third-order valence-corrected chi connectivity index (χ3v) is 4.92. The Kier molecular flexibility index (Phi) is 4.74. The molecule has 23 heavy (non-hydrogen) atoms. The fraction of sp³-hybridized carbons (Fsp3) is 0.333. The Morgan fingerprint density at radius 2 is 2.00 bits per heavy atom. The minimum Gasteiger partial charge on any atom is -0.462 e. The fourth-order valence-electron chi connectivity index (χ4n) is 2.23. The van der Waals surface area contributed by atoms with E-state index in [0.717, 1.165) is 0 Å². The van der Waals surface area contributed by atoms with Crippen molar-refractivity contribution in [1.29, 1.82) is 0 Å². The van der Waals surface area contributed by atoms with Crippen LogP contribution in [0.5, 0.6) is 0 Å². The van der Waals surface area contributed by atoms with Crippen molar-refractivity contribution in [2.75, 3.05) is 11.3 Å². The van der Waals surface area contributed by atoms with Gasteiger partial charge < -0.3 is 9.26 Å². The van der Waals surface area contributed by atoms with Crippen molar-refractivity contribution in [2.45, 2.75) is 32.6 Å². The monoisotopic (exact) mass is 338 g/mol. The van der Waals surface area contributed by atoms with Crippen LogP contribution in [0.1, 0.15) is 34.3 Å². The summed E-state index contributed by atoms with van der Waals surface area (Å²) in [5.74, 6) is -0.294. The summed E-state index contributed by atoms with van der Waals surface area (Å²) in [4.78, 5) is 11.9. The average molecular weight is 338 g/mol. The molecule has 0 amide bonds. The molecule has 2 rings (SSSR count). The van der Waals surface area contributed by atoms with E-state index < -0.39 is 16.0 Å². The molecule has 0 aliphatic carbocycles. The number of aromatic nitrogens is 1. The van der Waals surface area contributed by atoms with Crippen molar-refractivity contribution in [2.24, 2.45) is 0 Å². The number of rotatable bonds is 5. The van der Waals surface area contributed by atoms with Crippen molar-refractivity contribution >= 4 is 21.7 Å². The van der Waals surface area contributed by atoms with E-state index in [0.29, 0.717) is 16.8 Å². The van der Waals surface area contributed by atoms with Gasteiger partial charge in [-0.1, -0.05) is 11.2 Å². The van der Waals surface area contributed by atoms with Crippen LogP contribution in [0.2, 0.25) is 0 Å². The maximum atomic E-state index is 12.5. The van der Waals surface area contributed by atoms with E-state index in [1.54, 1.807) is 39.0 Å². The Hall–Kier alpha value is -2.35. The topological polar surface area (TPSA) is 98.5 Å². The number of hydrogen-bond acceptors (Lipinski definition) is 6. The normalized spacial score (nSPS) is 11.3. The summed E-state index contributed by atoms with van der Waals surface area (Å²) in [6.07, 6.45) is 0. The number of esters is 1. The Bertz CT molecular complexity index is 820. The predicted molar refractivity (Wildman–Crippen MR) is 83.9 cm³/mol. The molecular formula is C15H18N2O5S. The molecule has 7 nitrogen and oxygen atoms in total. The number of benzene rings is 1. The summed E-state index contributed by atoms with van der Waals surface area (Å²) in [5, 5.41) is 3.65. The van der Waals surface area contributed by atoms with Crippen molar-refractivity contribution in [3.05, 3.63) is 40.8 Å². The number of carbonyl (C=O) groups is 1. The molecule has 0 unspecified atom stereocenters. The van der Waals surface area contributed by atoms with Crippen LogP contribution in [0.4, 0.5) is 5.69 Å². The highest BCUT2D eigenvalue weighted by atomic mass is 32.2. The van der Waals surface area contributed by atoms with Gasteiger partial charge in [0.2, 0.25) is 0 Å². The van der Waals surface area contributed by atoms with E-state index in [9.17, 15) is 13.2 Å². The number of carbonyl (C=O) groups excluding carboxylic acids is 1. The van der Waals surface area contributed by atoms with Crippen LogP contribution in [-0.4, -0.2) is 26.2 Å². The van der Waals surface area contributed by atoms with Gasteiger partial charge in [0, 0.05) is 0 Å². The number of sulfonamides is 1. The fourth-order valence-corrected chi connectivity index (χ4v) is 3.68. The van der Waals surface area contributed by atoms with Crippen molar-refractivity contribution < 1.29 is 22.5 Å². The molecule has 0 saturated heterocycles. The maximum absolute atomic E-state index is 12.5. The third-order valence-electron chi connectivity index (χ3n) is 3.31. The van der Waals surface area contributed by atoms with E-state index in [1.165, 1.54) is 6.92 Å². The second-order valence-electron chi connectivity index (χ2n) is 4.96. The molecule has 2 aromatic rings. The molecule has 8 heteroatoms. The standard InChI is InChI=1S/C15H18N2O5S/c1-5-21-15(18)12-7-6-8-13(9(12)2)17-23(19,20)14-10(3)16-22-11(14)4/h6-8,17H,5H2,1-4H3. The van der Waals surface area contributed by atoms with Gasteiger partial charge in [-0.2, -0.15) is 0 Å². The Morgan fingerprint density at radius 3 is 2.57 bits per heavy atom. The van der Waals surface area contributed by atoms with Gasteiger partial charge in [-0.25, -0.2) is 13.2 Å². The molecule has 0 bridgehead atoms. The highest BCUT2D eigenvalue weighted by Crippen LogP contribution is 2.26. The highest BCUT2D eigenvalue weighted by molar-refractivity contribution is 7.92. The van der Waals surface area contributed by atoms with Gasteiger partial charge in [-0.3, -0.25) is 4.72 Å². The van der Waals surface area contributed by atoms with E-state index in [4.69, 9.17) is 9.26 Å². The SMILES string of the molecule is CCOC(=O)c1cccc(NS(=O)(=O)c2c(C)noc2C)c1C. The van der Waals surface area contributed by atoms with Crippen LogP contribution in [0.25, 0.3) is 0 Å². The largest absolute Gasteiger partial charge is 0.462 e. The van der Waals surface area contributed by atoms with Crippen LogP contribution in [0.15, 0.2) is 27.6 Å². The second kappa shape index (κ2) is 6.41. The number of nitrogens with one attached hydrogen (secondary N) is 1. The average Bonchev–Trinajstić information content (AvgIpc) is 2.81. The van der Waals surface area contributed by atoms with Gasteiger partial charge >= 0.3 is 5.97 Å². The van der Waals surface area contributed by atoms with Crippen molar-refractivity contribution in [3.63, 3.8) is 0 Å². The van der Waals surface area contributed by atoms with E-state index in [1.807, 2.05) is 0 Å². The zero-order valence-electron chi connectivity index (χ0n) is 13.3. The van der Waals surface area contributed by atoms with E-state index in [2.05, 4.69) is 9.88 Å². The van der Waals surface area contributed by atoms with Crippen LogP contribution < -0.4 is 4.72 Å². The molecule has 0 aliphatic rings. The Morgan fingerprint density at radius 1 is 1.30 bits per heavy atom. The molecule has 1 N–H and O–H groups in total. The molecule has 0 atom stereocenters. The van der Waals surface area contributed by atoms with Gasteiger partial charge in [0.25, 0.3) is 10.0 Å². The van der Waals surface area contributed by atoms with E-state index >= 15 is 0 Å². The van der Waals surface area contributed by atoms with Crippen LogP contribution in [0, 0.1) is 20.8 Å². The molecule has 0 radical (unpaired) electrons. The first-order chi connectivity index (χ1) is 10.8. The van der Waals surface area contributed by atoms with Crippen molar-refractivity contribution in [1.82, 2.24) is 5.16 Å². The number of anilines is 1. The first kappa shape index (κ1) is 17.0. The minimum atomic E-state index is -3.87. The number of nitrogens with zero attached hydrogens (tertiary/aromatic N) is 1. The molecule has 0 spiro atoms. The minimum absolute atomic E-state index is 0.00145. The molecular weight excluding hydrogens is 320 g/mol. The van der Waals surface area contributed by atoms with E-state index in [-0.39, 0.29) is 23.0 Å². The van der Waals surface area contributed by atoms with Gasteiger partial charge in [-0.15, -0.1) is 0 Å². The predicted octanol–water partition coefficient (Wildman–Crippen LogP) is 2.58. The molecule has 0 saturated carbocycles. The molecule has 1 aromatic carbocycles. The first-order valence-electron chi connectivity index (χ1n) is 7.00. The lowest BCUT2D eigenvalue weighted by Gasteiger charge is -2.13. The van der Waals surface area contributed by atoms with Gasteiger partial charge in [-0.05, 0) is 45.4 Å². The third kappa shape index (κ3) is 3.37. The zero-order chi connectivity index (χ0) is 17.2. The number of hydrogen-bond donors (Lipinski definition) is 1. The van der Waals surface area contributed by atoms with Crippen LogP contribution >= 0.6 is 0 Å². The smallest absolute Gasteiger partial charge is 0.338 e. The second-order valence-corrected chi connectivity index (χ2v) is 6.58. The molecule has 1 heterocycles. The first-order valence-corrected chi connectivity index (χ1v) is 8.48. The summed E-state index contributed by atoms with van der Waals surface area (Å²) in [7, 11) is -3.87. The van der Waals surface area contributed by atoms with Crippen LogP contribution in [0.3, 0.4) is 0 Å². The number of aryl methyl sites for hydroxylation is 2. The van der Waals surface area contributed by atoms with Crippen molar-refractivity contribution in [3.8, 4) is 0 Å². The lowest BCUT2D eigenvalue weighted by Crippen LogP contribution is -2.16. The summed E-state index contributed by atoms with van der Waals surface area (Å²) in [6, 6.07) is 4.75. The zero-order valence-corrected chi connectivity index (χ0v) is 14.2. The van der Waals surface area contributed by atoms with Gasteiger partial charge in [0.15, 0.2) is 10.7 Å². The Labute approximate surface area is 134 Å². The molecule has 0 fully saturated rings. The van der Waals surface area contributed by atoms with Crippen LogP contribution in [-0.2, 0) is 14.8 Å². The molecule has 124 valence electrons. The summed E-state index contributed by atoms with van der Waals surface area (Å²) >= 11 is 0.